The number of hydrogen-bond acceptors (Lipinski definition) is 2. The van der Waals surface area contributed by atoms with Crippen LogP contribution in [0.2, 0.25) is 5.02 Å². The Kier molecular flexibility index (Phi) is 6.53. The van der Waals surface area contributed by atoms with Crippen molar-refractivity contribution in [3.8, 4) is 0 Å². The molecule has 1 N–H and O–H groups in total. The van der Waals surface area contributed by atoms with Gasteiger partial charge in [-0.1, -0.05) is 39.3 Å². The third kappa shape index (κ3) is 4.78. The van der Waals surface area contributed by atoms with Gasteiger partial charge < -0.3 is 5.32 Å². The predicted molar refractivity (Wildman–Crippen MR) is 87.5 cm³/mol. The van der Waals surface area contributed by atoms with Gasteiger partial charge in [0.25, 0.3) is 0 Å². The van der Waals surface area contributed by atoms with E-state index < -0.39 is 0 Å². The first-order valence-electron chi connectivity index (χ1n) is 7.74. The lowest BCUT2D eigenvalue weighted by molar-refractivity contribution is 0.281. The Balaban J connectivity index is 2.73. The summed E-state index contributed by atoms with van der Waals surface area (Å²) in [5.74, 6) is 0. The van der Waals surface area contributed by atoms with Crippen molar-refractivity contribution in [2.24, 2.45) is 12.5 Å². The van der Waals surface area contributed by atoms with Crippen molar-refractivity contribution in [2.45, 2.75) is 66.3 Å². The number of nitrogens with one attached hydrogen (secondary N) is 1. The molecule has 1 heterocycles. The fourth-order valence-corrected chi connectivity index (χ4v) is 3.19. The van der Waals surface area contributed by atoms with Gasteiger partial charge in [0.15, 0.2) is 0 Å². The van der Waals surface area contributed by atoms with Crippen LogP contribution in [0.3, 0.4) is 0 Å². The lowest BCUT2D eigenvalue weighted by atomic mass is 9.81. The van der Waals surface area contributed by atoms with Gasteiger partial charge in [-0.3, -0.25) is 4.68 Å². The van der Waals surface area contributed by atoms with Crippen LogP contribution >= 0.6 is 11.6 Å². The van der Waals surface area contributed by atoms with Crippen LogP contribution in [0.25, 0.3) is 0 Å². The van der Waals surface area contributed by atoms with Crippen LogP contribution in [0.15, 0.2) is 0 Å². The monoisotopic (exact) mass is 299 g/mol. The van der Waals surface area contributed by atoms with E-state index in [2.05, 4.69) is 45.0 Å². The van der Waals surface area contributed by atoms with E-state index in [1.807, 2.05) is 11.7 Å². The quantitative estimate of drug-likeness (QED) is 0.787. The zero-order chi connectivity index (χ0) is 15.3. The van der Waals surface area contributed by atoms with Crippen LogP contribution in [0.5, 0.6) is 0 Å². The first-order valence-corrected chi connectivity index (χ1v) is 8.12. The molecule has 1 rings (SSSR count). The van der Waals surface area contributed by atoms with E-state index in [1.165, 1.54) is 6.42 Å². The minimum atomic E-state index is 0.211. The van der Waals surface area contributed by atoms with Gasteiger partial charge >= 0.3 is 0 Å². The molecule has 1 aromatic heterocycles. The van der Waals surface area contributed by atoms with Gasteiger partial charge in [-0.15, -0.1) is 0 Å². The summed E-state index contributed by atoms with van der Waals surface area (Å²) in [6.45, 7) is 12.3. The minimum absolute atomic E-state index is 0.211. The highest BCUT2D eigenvalue weighted by atomic mass is 35.5. The van der Waals surface area contributed by atoms with Gasteiger partial charge in [0.2, 0.25) is 0 Å². The number of aryl methyl sites for hydroxylation is 2. The minimum Gasteiger partial charge on any atom is -0.314 e. The van der Waals surface area contributed by atoms with Gasteiger partial charge in [0.1, 0.15) is 0 Å². The van der Waals surface area contributed by atoms with Gasteiger partial charge in [0, 0.05) is 13.1 Å². The summed E-state index contributed by atoms with van der Waals surface area (Å²) >= 11 is 6.46. The lowest BCUT2D eigenvalue weighted by Crippen LogP contribution is -2.33. The maximum absolute atomic E-state index is 6.46. The van der Waals surface area contributed by atoms with Gasteiger partial charge in [0.05, 0.1) is 16.4 Å². The molecule has 0 aliphatic carbocycles. The highest BCUT2D eigenvalue weighted by Crippen LogP contribution is 2.31. The SMILES string of the molecule is CCCNC(C)CC(C)(C)Cc1c(Cl)c(CC)nn1C. The summed E-state index contributed by atoms with van der Waals surface area (Å²) in [4.78, 5) is 0. The summed E-state index contributed by atoms with van der Waals surface area (Å²) in [6.07, 6.45) is 4.17. The molecular formula is C16H30ClN3. The Labute approximate surface area is 129 Å². The van der Waals surface area contributed by atoms with Crippen LogP contribution in [0.4, 0.5) is 0 Å². The molecule has 0 aromatic carbocycles. The van der Waals surface area contributed by atoms with E-state index in [-0.39, 0.29) is 5.41 Å². The predicted octanol–water partition coefficient (Wildman–Crippen LogP) is 3.98. The molecular weight excluding hydrogens is 270 g/mol. The Hall–Kier alpha value is -0.540. The summed E-state index contributed by atoms with van der Waals surface area (Å²) in [6, 6.07) is 0.530. The zero-order valence-corrected chi connectivity index (χ0v) is 14.6. The third-order valence-corrected chi connectivity index (χ3v) is 4.19. The number of nitrogens with zero attached hydrogens (tertiary/aromatic N) is 2. The number of hydrogen-bond donors (Lipinski definition) is 1. The van der Waals surface area contributed by atoms with Crippen molar-refractivity contribution < 1.29 is 0 Å². The number of halogens is 1. The van der Waals surface area contributed by atoms with E-state index in [0.717, 1.165) is 42.2 Å². The first-order chi connectivity index (χ1) is 9.30. The third-order valence-electron chi connectivity index (χ3n) is 3.75. The molecule has 0 aliphatic rings. The second-order valence-corrected chi connectivity index (χ2v) is 6.96. The van der Waals surface area contributed by atoms with Crippen LogP contribution in [-0.4, -0.2) is 22.4 Å². The lowest BCUT2D eigenvalue weighted by Gasteiger charge is -2.28. The molecule has 0 saturated heterocycles. The zero-order valence-electron chi connectivity index (χ0n) is 13.9. The average Bonchev–Trinajstić information content (AvgIpc) is 2.62. The van der Waals surface area contributed by atoms with Crippen molar-refractivity contribution in [3.63, 3.8) is 0 Å². The van der Waals surface area contributed by atoms with Crippen LogP contribution < -0.4 is 5.32 Å². The van der Waals surface area contributed by atoms with E-state index in [1.54, 1.807) is 0 Å². The highest BCUT2D eigenvalue weighted by Gasteiger charge is 2.25. The molecule has 4 heteroatoms. The molecule has 0 saturated carbocycles. The molecule has 0 spiro atoms. The molecule has 1 aromatic rings. The van der Waals surface area contributed by atoms with Crippen molar-refractivity contribution in [3.05, 3.63) is 16.4 Å². The topological polar surface area (TPSA) is 29.9 Å². The van der Waals surface area contributed by atoms with Crippen LogP contribution in [0, 0.1) is 5.41 Å². The average molecular weight is 300 g/mol. The molecule has 0 aliphatic heterocycles. The smallest absolute Gasteiger partial charge is 0.0849 e. The van der Waals surface area contributed by atoms with Crippen molar-refractivity contribution in [1.29, 1.82) is 0 Å². The van der Waals surface area contributed by atoms with Gasteiger partial charge in [-0.05, 0) is 44.6 Å². The van der Waals surface area contributed by atoms with Crippen molar-refractivity contribution in [2.75, 3.05) is 6.54 Å². The number of aromatic nitrogens is 2. The molecule has 0 fully saturated rings. The van der Waals surface area contributed by atoms with E-state index in [9.17, 15) is 0 Å². The van der Waals surface area contributed by atoms with Gasteiger partial charge in [-0.2, -0.15) is 5.10 Å². The summed E-state index contributed by atoms with van der Waals surface area (Å²) < 4.78 is 1.95. The fourth-order valence-electron chi connectivity index (χ4n) is 2.83. The Bertz CT molecular complexity index is 424. The van der Waals surface area contributed by atoms with E-state index in [4.69, 9.17) is 11.6 Å². The standard InChI is InChI=1S/C16H30ClN3/c1-7-9-18-12(3)10-16(4,5)11-14-15(17)13(8-2)19-20(14)6/h12,18H,7-11H2,1-6H3. The molecule has 1 atom stereocenters. The Morgan fingerprint density at radius 1 is 1.35 bits per heavy atom. The molecule has 3 nitrogen and oxygen atoms in total. The molecule has 116 valence electrons. The molecule has 1 unspecified atom stereocenters. The van der Waals surface area contributed by atoms with Crippen LogP contribution in [0.1, 0.15) is 58.8 Å². The van der Waals surface area contributed by atoms with Crippen LogP contribution in [-0.2, 0) is 19.9 Å². The Morgan fingerprint density at radius 2 is 2.00 bits per heavy atom. The fraction of sp³-hybridized carbons (Fsp3) is 0.812. The summed E-state index contributed by atoms with van der Waals surface area (Å²) in [7, 11) is 2.00. The van der Waals surface area contributed by atoms with Gasteiger partial charge in [-0.25, -0.2) is 0 Å². The second-order valence-electron chi connectivity index (χ2n) is 6.58. The number of rotatable bonds is 8. The summed E-state index contributed by atoms with van der Waals surface area (Å²) in [5.41, 5.74) is 2.39. The molecule has 0 amide bonds. The largest absolute Gasteiger partial charge is 0.314 e. The normalized spacial score (nSPS) is 13.8. The molecule has 0 radical (unpaired) electrons. The van der Waals surface area contributed by atoms with E-state index >= 15 is 0 Å². The summed E-state index contributed by atoms with van der Waals surface area (Å²) in [5, 5.41) is 8.93. The highest BCUT2D eigenvalue weighted by molar-refractivity contribution is 6.31. The molecule has 0 bridgehead atoms. The van der Waals surface area contributed by atoms with E-state index in [0.29, 0.717) is 6.04 Å². The second kappa shape index (κ2) is 7.46. The first kappa shape index (κ1) is 17.5. The maximum atomic E-state index is 6.46. The molecule has 20 heavy (non-hydrogen) atoms. The Morgan fingerprint density at radius 3 is 2.50 bits per heavy atom. The maximum Gasteiger partial charge on any atom is 0.0849 e. The van der Waals surface area contributed by atoms with Crippen molar-refractivity contribution >= 4 is 11.6 Å². The van der Waals surface area contributed by atoms with Crippen molar-refractivity contribution in [1.82, 2.24) is 15.1 Å².